The van der Waals surface area contributed by atoms with Crippen LogP contribution >= 0.6 is 11.3 Å². The molecule has 2 nitrogen and oxygen atoms in total. The summed E-state index contributed by atoms with van der Waals surface area (Å²) in [6, 6.07) is 9.47. The Kier molecular flexibility index (Phi) is 3.88. The smallest absolute Gasteiger partial charge is 0.123 e. The lowest BCUT2D eigenvalue weighted by Gasteiger charge is -1.82. The lowest BCUT2D eigenvalue weighted by Crippen LogP contribution is -1.85. The molecule has 0 amide bonds. The molecule has 0 aliphatic rings. The Morgan fingerprint density at radius 1 is 1.08 bits per heavy atom. The van der Waals surface area contributed by atoms with Crippen LogP contribution in [0.3, 0.4) is 0 Å². The predicted molar refractivity (Wildman–Crippen MR) is 53.0 cm³/mol. The van der Waals surface area contributed by atoms with Crippen LogP contribution in [0.1, 0.15) is 0 Å². The van der Waals surface area contributed by atoms with Gasteiger partial charge in [-0.05, 0) is 22.9 Å². The molecule has 2 heterocycles. The quantitative estimate of drug-likeness (QED) is 0.672. The third kappa shape index (κ3) is 3.73. The van der Waals surface area contributed by atoms with Crippen LogP contribution in [0, 0.1) is 0 Å². The fourth-order valence-corrected chi connectivity index (χ4v) is 1.06. The van der Waals surface area contributed by atoms with E-state index in [1.54, 1.807) is 23.6 Å². The van der Waals surface area contributed by atoms with Gasteiger partial charge < -0.3 is 5.73 Å². The number of thiophene rings is 1. The minimum atomic E-state index is 0.572. The zero-order chi connectivity index (χ0) is 8.65. The summed E-state index contributed by atoms with van der Waals surface area (Å²) >= 11 is 1.71. The maximum Gasteiger partial charge on any atom is 0.123 e. The van der Waals surface area contributed by atoms with Gasteiger partial charge in [0.25, 0.3) is 0 Å². The molecule has 0 spiro atoms. The molecule has 62 valence electrons. The van der Waals surface area contributed by atoms with Crippen molar-refractivity contribution in [2.24, 2.45) is 0 Å². The highest BCUT2D eigenvalue weighted by molar-refractivity contribution is 7.07. The van der Waals surface area contributed by atoms with Gasteiger partial charge in [-0.2, -0.15) is 11.3 Å². The number of nitrogens with two attached hydrogens (primary N) is 1. The normalized spacial score (nSPS) is 8.33. The van der Waals surface area contributed by atoms with Crippen molar-refractivity contribution in [1.82, 2.24) is 4.98 Å². The Morgan fingerprint density at radius 2 is 1.83 bits per heavy atom. The van der Waals surface area contributed by atoms with Crippen LogP contribution in [-0.2, 0) is 0 Å². The lowest BCUT2D eigenvalue weighted by atomic mass is 10.5. The van der Waals surface area contributed by atoms with E-state index in [4.69, 9.17) is 5.73 Å². The van der Waals surface area contributed by atoms with Gasteiger partial charge in [-0.1, -0.05) is 18.2 Å². The van der Waals surface area contributed by atoms with Gasteiger partial charge in [-0.25, -0.2) is 4.98 Å². The van der Waals surface area contributed by atoms with E-state index in [0.717, 1.165) is 0 Å². The first-order valence-electron chi connectivity index (χ1n) is 3.53. The van der Waals surface area contributed by atoms with Crippen molar-refractivity contribution < 1.29 is 0 Å². The average molecular weight is 178 g/mol. The molecule has 0 radical (unpaired) electrons. The molecule has 12 heavy (non-hydrogen) atoms. The highest BCUT2D eigenvalue weighted by atomic mass is 32.1. The van der Waals surface area contributed by atoms with Crippen LogP contribution in [0.4, 0.5) is 5.82 Å². The third-order valence-electron chi connectivity index (χ3n) is 1.11. The zero-order valence-corrected chi connectivity index (χ0v) is 7.37. The number of hydrogen-bond acceptors (Lipinski definition) is 3. The second-order valence-electron chi connectivity index (χ2n) is 2.05. The van der Waals surface area contributed by atoms with Crippen LogP contribution in [0.2, 0.25) is 0 Å². The number of nitrogen functional groups attached to an aromatic ring is 1. The fraction of sp³-hybridized carbons (Fsp3) is 0. The van der Waals surface area contributed by atoms with E-state index < -0.39 is 0 Å². The molecule has 0 atom stereocenters. The summed E-state index contributed by atoms with van der Waals surface area (Å²) in [7, 11) is 0. The van der Waals surface area contributed by atoms with Crippen molar-refractivity contribution in [1.29, 1.82) is 0 Å². The van der Waals surface area contributed by atoms with Crippen molar-refractivity contribution in [2.45, 2.75) is 0 Å². The maximum absolute atomic E-state index is 5.25. The summed E-state index contributed by atoms with van der Waals surface area (Å²) in [6.45, 7) is 0. The molecule has 2 rings (SSSR count). The number of anilines is 1. The summed E-state index contributed by atoms with van der Waals surface area (Å²) in [5, 5.41) is 4.08. The minimum Gasteiger partial charge on any atom is -0.384 e. The first-order chi connectivity index (χ1) is 5.89. The van der Waals surface area contributed by atoms with Crippen LogP contribution in [0.5, 0.6) is 0 Å². The SMILES string of the molecule is Nc1ccccn1.c1ccsc1. The number of hydrogen-bond donors (Lipinski definition) is 1. The molecule has 2 aromatic heterocycles. The van der Waals surface area contributed by atoms with Gasteiger partial charge in [-0.3, -0.25) is 0 Å². The minimum absolute atomic E-state index is 0.572. The second kappa shape index (κ2) is 5.32. The molecule has 0 bridgehead atoms. The zero-order valence-electron chi connectivity index (χ0n) is 6.55. The summed E-state index contributed by atoms with van der Waals surface area (Å²) in [5.74, 6) is 0.572. The third-order valence-corrected chi connectivity index (χ3v) is 1.74. The standard InChI is InChI=1S/C5H6N2.C4H4S/c6-5-3-1-2-4-7-5;1-2-4-5-3-1/h1-4H,(H2,6,7);1-4H. The maximum atomic E-state index is 5.25. The summed E-state index contributed by atoms with van der Waals surface area (Å²) in [4.78, 5) is 3.76. The predicted octanol–water partition coefficient (Wildman–Crippen LogP) is 2.41. The van der Waals surface area contributed by atoms with Crippen molar-refractivity contribution in [2.75, 3.05) is 5.73 Å². The van der Waals surface area contributed by atoms with Gasteiger partial charge in [0.2, 0.25) is 0 Å². The number of aromatic nitrogens is 1. The molecule has 0 saturated carbocycles. The van der Waals surface area contributed by atoms with E-state index in [9.17, 15) is 0 Å². The van der Waals surface area contributed by atoms with E-state index in [-0.39, 0.29) is 0 Å². The van der Waals surface area contributed by atoms with E-state index in [1.165, 1.54) is 0 Å². The molecule has 0 aliphatic heterocycles. The molecular weight excluding hydrogens is 168 g/mol. The van der Waals surface area contributed by atoms with Gasteiger partial charge >= 0.3 is 0 Å². The van der Waals surface area contributed by atoms with Crippen molar-refractivity contribution in [3.63, 3.8) is 0 Å². The summed E-state index contributed by atoms with van der Waals surface area (Å²) in [5.41, 5.74) is 5.25. The lowest BCUT2D eigenvalue weighted by molar-refractivity contribution is 1.34. The number of nitrogens with zero attached hydrogens (tertiary/aromatic N) is 1. The van der Waals surface area contributed by atoms with Gasteiger partial charge in [0.15, 0.2) is 0 Å². The highest BCUT2D eigenvalue weighted by Crippen LogP contribution is 1.91. The Hall–Kier alpha value is -1.35. The van der Waals surface area contributed by atoms with Crippen LogP contribution in [0.15, 0.2) is 47.3 Å². The summed E-state index contributed by atoms with van der Waals surface area (Å²) in [6.07, 6.45) is 1.66. The number of rotatable bonds is 0. The molecule has 2 aromatic rings. The first-order valence-corrected chi connectivity index (χ1v) is 4.47. The Labute approximate surface area is 75.7 Å². The van der Waals surface area contributed by atoms with Crippen molar-refractivity contribution in [3.8, 4) is 0 Å². The van der Waals surface area contributed by atoms with Gasteiger partial charge in [0.1, 0.15) is 5.82 Å². The van der Waals surface area contributed by atoms with Crippen molar-refractivity contribution in [3.05, 3.63) is 47.3 Å². The Morgan fingerprint density at radius 3 is 2.08 bits per heavy atom. The second-order valence-corrected chi connectivity index (χ2v) is 2.86. The van der Waals surface area contributed by atoms with Crippen molar-refractivity contribution >= 4 is 17.2 Å². The van der Waals surface area contributed by atoms with Gasteiger partial charge in [0.05, 0.1) is 0 Å². The molecule has 0 saturated heterocycles. The van der Waals surface area contributed by atoms with Crippen LogP contribution < -0.4 is 5.73 Å². The van der Waals surface area contributed by atoms with Crippen LogP contribution in [0.25, 0.3) is 0 Å². The fourth-order valence-electron chi connectivity index (χ4n) is 0.603. The molecule has 0 unspecified atom stereocenters. The van der Waals surface area contributed by atoms with Gasteiger partial charge in [-0.15, -0.1) is 0 Å². The topological polar surface area (TPSA) is 38.9 Å². The Balaban J connectivity index is 0.000000127. The molecule has 2 N–H and O–H groups in total. The molecule has 0 aliphatic carbocycles. The number of pyridine rings is 1. The molecule has 0 fully saturated rings. The Bertz CT molecular complexity index is 261. The average Bonchev–Trinajstić information content (AvgIpc) is 2.62. The monoisotopic (exact) mass is 178 g/mol. The van der Waals surface area contributed by atoms with Crippen LogP contribution in [-0.4, -0.2) is 4.98 Å². The van der Waals surface area contributed by atoms with Gasteiger partial charge in [0, 0.05) is 6.20 Å². The first kappa shape index (κ1) is 8.74. The van der Waals surface area contributed by atoms with E-state index >= 15 is 0 Å². The molecular formula is C9H10N2S. The van der Waals surface area contributed by atoms with E-state index in [2.05, 4.69) is 4.98 Å². The largest absolute Gasteiger partial charge is 0.384 e. The van der Waals surface area contributed by atoms with E-state index in [0.29, 0.717) is 5.82 Å². The highest BCUT2D eigenvalue weighted by Gasteiger charge is 1.73. The molecule has 3 heteroatoms. The van der Waals surface area contributed by atoms with E-state index in [1.807, 2.05) is 35.0 Å². The summed E-state index contributed by atoms with van der Waals surface area (Å²) < 4.78 is 0. The molecule has 0 aromatic carbocycles.